The second kappa shape index (κ2) is 5.41. The number of nitrogens with zero attached hydrogens (tertiary/aromatic N) is 2. The van der Waals surface area contributed by atoms with Crippen LogP contribution in [-0.2, 0) is 6.61 Å². The van der Waals surface area contributed by atoms with Crippen LogP contribution in [0.2, 0.25) is 0 Å². The topological polar surface area (TPSA) is 50.5 Å². The maximum Gasteiger partial charge on any atom is 0.146 e. The van der Waals surface area contributed by atoms with Crippen molar-refractivity contribution in [3.63, 3.8) is 0 Å². The molecule has 0 saturated carbocycles. The van der Waals surface area contributed by atoms with Crippen LogP contribution in [-0.4, -0.2) is 30.7 Å². The number of nitrogens with one attached hydrogen (secondary N) is 1. The fraction of sp³-hybridized carbons (Fsp3) is 0.438. The third-order valence-corrected chi connectivity index (χ3v) is 4.26. The maximum atomic E-state index is 5.75. The van der Waals surface area contributed by atoms with Crippen molar-refractivity contribution >= 4 is 5.69 Å². The number of fused-ring (bicyclic) bond motifs is 2. The lowest BCUT2D eigenvalue weighted by Gasteiger charge is -2.32. The molecule has 0 radical (unpaired) electrons. The van der Waals surface area contributed by atoms with Crippen LogP contribution in [0.4, 0.5) is 5.69 Å². The molecule has 1 N–H and O–H groups in total. The van der Waals surface area contributed by atoms with E-state index in [2.05, 4.69) is 21.3 Å². The van der Waals surface area contributed by atoms with E-state index < -0.39 is 0 Å². The fourth-order valence-electron chi connectivity index (χ4n) is 3.25. The van der Waals surface area contributed by atoms with Gasteiger partial charge in [-0.2, -0.15) is 0 Å². The van der Waals surface area contributed by atoms with Gasteiger partial charge in [0.25, 0.3) is 0 Å². The molecule has 110 valence electrons. The van der Waals surface area contributed by atoms with Gasteiger partial charge >= 0.3 is 0 Å². The van der Waals surface area contributed by atoms with Gasteiger partial charge in [-0.1, -0.05) is 0 Å². The highest BCUT2D eigenvalue weighted by Gasteiger charge is 2.32. The number of hydrogen-bond donors (Lipinski definition) is 1. The van der Waals surface area contributed by atoms with Crippen molar-refractivity contribution in [2.24, 2.45) is 5.92 Å². The van der Waals surface area contributed by atoms with E-state index in [4.69, 9.17) is 9.15 Å². The van der Waals surface area contributed by atoms with E-state index >= 15 is 0 Å². The molecular weight excluding hydrogens is 266 g/mol. The van der Waals surface area contributed by atoms with Gasteiger partial charge < -0.3 is 19.4 Å². The van der Waals surface area contributed by atoms with Crippen LogP contribution < -0.4 is 15.0 Å². The number of aromatic nitrogens is 1. The minimum absolute atomic E-state index is 0.435. The van der Waals surface area contributed by atoms with E-state index in [9.17, 15) is 0 Å². The molecule has 2 aliphatic heterocycles. The van der Waals surface area contributed by atoms with Gasteiger partial charge in [-0.3, -0.25) is 4.98 Å². The van der Waals surface area contributed by atoms with Crippen molar-refractivity contribution in [2.45, 2.75) is 19.1 Å². The number of pyridine rings is 1. The number of anilines is 1. The van der Waals surface area contributed by atoms with Crippen LogP contribution in [0.5, 0.6) is 5.75 Å². The summed E-state index contributed by atoms with van der Waals surface area (Å²) in [4.78, 5) is 6.72. The van der Waals surface area contributed by atoms with Crippen LogP contribution in [0.3, 0.4) is 0 Å². The normalized spacial score (nSPS) is 24.3. The quantitative estimate of drug-likeness (QED) is 0.931. The molecule has 2 unspecified atom stereocenters. The molecule has 2 aliphatic rings. The zero-order chi connectivity index (χ0) is 14.1. The van der Waals surface area contributed by atoms with Gasteiger partial charge in [-0.05, 0) is 24.5 Å². The highest BCUT2D eigenvalue weighted by Crippen LogP contribution is 2.28. The molecule has 5 nitrogen and oxygen atoms in total. The van der Waals surface area contributed by atoms with Crippen LogP contribution in [0.25, 0.3) is 0 Å². The first kappa shape index (κ1) is 12.7. The van der Waals surface area contributed by atoms with Crippen LogP contribution in [0.15, 0.2) is 41.3 Å². The predicted molar refractivity (Wildman–Crippen MR) is 79.4 cm³/mol. The summed E-state index contributed by atoms with van der Waals surface area (Å²) in [6.07, 6.45) is 6.64. The Hall–Kier alpha value is -2.01. The minimum atomic E-state index is 0.435. The Bertz CT molecular complexity index is 587. The van der Waals surface area contributed by atoms with Gasteiger partial charge in [0.05, 0.1) is 24.3 Å². The minimum Gasteiger partial charge on any atom is -0.484 e. The first-order valence-electron chi connectivity index (χ1n) is 7.45. The second-order valence-corrected chi connectivity index (χ2v) is 5.86. The Morgan fingerprint density at radius 1 is 1.38 bits per heavy atom. The lowest BCUT2D eigenvalue weighted by atomic mass is 10.00. The van der Waals surface area contributed by atoms with Gasteiger partial charge in [-0.15, -0.1) is 0 Å². The summed E-state index contributed by atoms with van der Waals surface area (Å²) in [6, 6.07) is 6.46. The van der Waals surface area contributed by atoms with E-state index in [0.717, 1.165) is 42.7 Å². The van der Waals surface area contributed by atoms with Gasteiger partial charge in [0.2, 0.25) is 0 Å². The molecule has 0 amide bonds. The van der Waals surface area contributed by atoms with Gasteiger partial charge in [0, 0.05) is 31.7 Å². The monoisotopic (exact) mass is 285 g/mol. The third-order valence-electron chi connectivity index (χ3n) is 4.26. The lowest BCUT2D eigenvalue weighted by molar-refractivity contribution is 0.269. The highest BCUT2D eigenvalue weighted by atomic mass is 16.5. The molecule has 2 saturated heterocycles. The van der Waals surface area contributed by atoms with Crippen molar-refractivity contribution in [1.29, 1.82) is 0 Å². The predicted octanol–water partition coefficient (Wildman–Crippen LogP) is 2.05. The Kier molecular flexibility index (Phi) is 3.27. The number of rotatable bonds is 4. The smallest absolute Gasteiger partial charge is 0.146 e. The Morgan fingerprint density at radius 2 is 2.38 bits per heavy atom. The molecule has 0 aliphatic carbocycles. The summed E-state index contributed by atoms with van der Waals surface area (Å²) in [6.45, 7) is 3.74. The summed E-state index contributed by atoms with van der Waals surface area (Å²) in [5.74, 6) is 2.37. The lowest BCUT2D eigenvalue weighted by Crippen LogP contribution is -2.41. The Labute approximate surface area is 123 Å². The van der Waals surface area contributed by atoms with E-state index in [1.165, 1.54) is 6.42 Å². The summed E-state index contributed by atoms with van der Waals surface area (Å²) in [7, 11) is 0. The number of piperidine rings is 1. The molecule has 2 fully saturated rings. The van der Waals surface area contributed by atoms with Crippen LogP contribution in [0, 0.1) is 5.92 Å². The SMILES string of the molecule is c1coc(COc2cncc(N3CC4CNC(C4)C3)c2)c1. The van der Waals surface area contributed by atoms with Gasteiger partial charge in [0.15, 0.2) is 0 Å². The molecule has 2 atom stereocenters. The summed E-state index contributed by atoms with van der Waals surface area (Å²) >= 11 is 0. The van der Waals surface area contributed by atoms with Crippen molar-refractivity contribution in [2.75, 3.05) is 24.5 Å². The molecule has 2 aromatic rings. The van der Waals surface area contributed by atoms with E-state index in [0.29, 0.717) is 12.6 Å². The van der Waals surface area contributed by atoms with Crippen LogP contribution >= 0.6 is 0 Å². The zero-order valence-electron chi connectivity index (χ0n) is 11.9. The molecule has 2 aromatic heterocycles. The van der Waals surface area contributed by atoms with Crippen molar-refractivity contribution < 1.29 is 9.15 Å². The molecule has 4 rings (SSSR count). The first-order chi connectivity index (χ1) is 10.4. The number of hydrogen-bond acceptors (Lipinski definition) is 5. The summed E-state index contributed by atoms with van der Waals surface area (Å²) in [5, 5.41) is 3.57. The Morgan fingerprint density at radius 3 is 3.24 bits per heavy atom. The molecule has 0 spiro atoms. The average molecular weight is 285 g/mol. The second-order valence-electron chi connectivity index (χ2n) is 5.86. The van der Waals surface area contributed by atoms with Gasteiger partial charge in [0.1, 0.15) is 18.1 Å². The van der Waals surface area contributed by atoms with Crippen molar-refractivity contribution in [3.05, 3.63) is 42.6 Å². The summed E-state index contributed by atoms with van der Waals surface area (Å²) < 4.78 is 11.0. The molecular formula is C16H19N3O2. The maximum absolute atomic E-state index is 5.75. The number of furan rings is 1. The zero-order valence-corrected chi connectivity index (χ0v) is 11.9. The third kappa shape index (κ3) is 2.74. The fourth-order valence-corrected chi connectivity index (χ4v) is 3.25. The standard InChI is InChI=1S/C16H19N3O2/c1-2-15(20-3-1)11-21-16-5-14(7-17-8-16)19-9-12-4-13(10-19)18-6-12/h1-3,5,7-8,12-13,18H,4,6,9-11H2. The molecule has 4 heterocycles. The van der Waals surface area contributed by atoms with E-state index in [1.807, 2.05) is 18.3 Å². The van der Waals surface area contributed by atoms with Crippen molar-refractivity contribution in [3.8, 4) is 5.75 Å². The molecule has 21 heavy (non-hydrogen) atoms. The molecule has 0 aromatic carbocycles. The van der Waals surface area contributed by atoms with Crippen molar-refractivity contribution in [1.82, 2.24) is 10.3 Å². The molecule has 5 heteroatoms. The molecule has 2 bridgehead atoms. The Balaban J connectivity index is 1.45. The summed E-state index contributed by atoms with van der Waals surface area (Å²) in [5.41, 5.74) is 1.14. The van der Waals surface area contributed by atoms with E-state index in [1.54, 1.807) is 12.5 Å². The first-order valence-corrected chi connectivity index (χ1v) is 7.45. The highest BCUT2D eigenvalue weighted by molar-refractivity contribution is 5.49. The number of ether oxygens (including phenoxy) is 1. The largest absolute Gasteiger partial charge is 0.484 e. The average Bonchev–Trinajstić information content (AvgIpc) is 3.15. The van der Waals surface area contributed by atoms with Crippen LogP contribution in [0.1, 0.15) is 12.2 Å². The van der Waals surface area contributed by atoms with E-state index in [-0.39, 0.29) is 0 Å². The van der Waals surface area contributed by atoms with Gasteiger partial charge in [-0.25, -0.2) is 0 Å².